The van der Waals surface area contributed by atoms with Crippen LogP contribution in [0.4, 0.5) is 5.69 Å². The number of aromatic nitrogens is 2. The second-order valence-electron chi connectivity index (χ2n) is 7.02. The number of benzene rings is 1. The van der Waals surface area contributed by atoms with E-state index in [1.807, 2.05) is 55.7 Å². The number of anilines is 1. The molecule has 0 radical (unpaired) electrons. The van der Waals surface area contributed by atoms with Gasteiger partial charge in [0.05, 0.1) is 22.9 Å². The van der Waals surface area contributed by atoms with E-state index in [4.69, 9.17) is 11.6 Å². The maximum absolute atomic E-state index is 12.9. The highest BCUT2D eigenvalue weighted by Gasteiger charge is 2.18. The Kier molecular flexibility index (Phi) is 5.40. The van der Waals surface area contributed by atoms with Crippen molar-refractivity contribution in [3.8, 4) is 0 Å². The monoisotopic (exact) mass is 410 g/mol. The molecule has 0 bridgehead atoms. The predicted molar refractivity (Wildman–Crippen MR) is 116 cm³/mol. The van der Waals surface area contributed by atoms with Gasteiger partial charge < -0.3 is 10.2 Å². The van der Waals surface area contributed by atoms with Gasteiger partial charge in [0.1, 0.15) is 17.7 Å². The van der Waals surface area contributed by atoms with Gasteiger partial charge in [-0.25, -0.2) is 4.98 Å². The van der Waals surface area contributed by atoms with Crippen molar-refractivity contribution >= 4 is 35.2 Å². The number of rotatable bonds is 5. The Balaban J connectivity index is 1.47. The molecule has 2 aromatic heterocycles. The predicted octanol–water partition coefficient (Wildman–Crippen LogP) is 3.18. The number of carbonyl (C=O) groups excluding carboxylic acids is 1. The van der Waals surface area contributed by atoms with E-state index in [0.717, 1.165) is 30.0 Å². The molecular weight excluding hydrogens is 388 g/mol. The zero-order chi connectivity index (χ0) is 20.4. The fourth-order valence-corrected chi connectivity index (χ4v) is 3.48. The van der Waals surface area contributed by atoms with Crippen LogP contribution in [0.1, 0.15) is 28.7 Å². The van der Waals surface area contributed by atoms with Crippen LogP contribution in [0.2, 0.25) is 5.02 Å². The molecule has 1 aromatic carbocycles. The molecule has 29 heavy (non-hydrogen) atoms. The number of pyridine rings is 1. The second-order valence-corrected chi connectivity index (χ2v) is 7.46. The number of amides is 1. The van der Waals surface area contributed by atoms with Gasteiger partial charge in [0.25, 0.3) is 5.91 Å². The number of nitrogens with one attached hydrogen (secondary N) is 1. The van der Waals surface area contributed by atoms with Gasteiger partial charge in [0, 0.05) is 26.3 Å². The molecule has 1 N–H and O–H groups in total. The average Bonchev–Trinajstić information content (AvgIpc) is 3.11. The van der Waals surface area contributed by atoms with E-state index >= 15 is 0 Å². The molecular formula is C21H23ClN6O. The van der Waals surface area contributed by atoms with Crippen molar-refractivity contribution < 1.29 is 4.79 Å². The van der Waals surface area contributed by atoms with Gasteiger partial charge in [-0.2, -0.15) is 5.10 Å². The van der Waals surface area contributed by atoms with Crippen LogP contribution in [0.15, 0.2) is 47.7 Å². The van der Waals surface area contributed by atoms with Crippen molar-refractivity contribution in [3.05, 3.63) is 64.6 Å². The van der Waals surface area contributed by atoms with Crippen LogP contribution in [0.25, 0.3) is 5.65 Å². The summed E-state index contributed by atoms with van der Waals surface area (Å²) in [4.78, 5) is 19.5. The summed E-state index contributed by atoms with van der Waals surface area (Å²) in [5, 5.41) is 9.95. The van der Waals surface area contributed by atoms with Gasteiger partial charge in [-0.05, 0) is 36.2 Å². The van der Waals surface area contributed by atoms with Crippen molar-refractivity contribution in [1.29, 1.82) is 0 Å². The highest BCUT2D eigenvalue weighted by Crippen LogP contribution is 2.19. The second kappa shape index (κ2) is 8.13. The molecule has 0 fully saturated rings. The number of hydrogen-bond donors (Lipinski definition) is 1. The van der Waals surface area contributed by atoms with Crippen LogP contribution in [0.3, 0.4) is 0 Å². The summed E-state index contributed by atoms with van der Waals surface area (Å²) in [5.41, 5.74) is 4.06. The Morgan fingerprint density at radius 1 is 1.17 bits per heavy atom. The quantitative estimate of drug-likeness (QED) is 0.701. The summed E-state index contributed by atoms with van der Waals surface area (Å²) >= 11 is 6.11. The molecule has 1 amide bonds. The third-order valence-corrected chi connectivity index (χ3v) is 5.17. The Morgan fingerprint density at radius 2 is 1.97 bits per heavy atom. The van der Waals surface area contributed by atoms with Crippen molar-refractivity contribution in [2.45, 2.75) is 19.9 Å². The molecule has 0 saturated heterocycles. The number of fused-ring (bicyclic) bond motifs is 1. The molecule has 8 heteroatoms. The Hall–Kier alpha value is -3.06. The number of carbonyl (C=O) groups is 1. The molecule has 1 aliphatic heterocycles. The molecule has 0 atom stereocenters. The number of hydrogen-bond acceptors (Lipinski definition) is 5. The van der Waals surface area contributed by atoms with Crippen molar-refractivity contribution in [3.63, 3.8) is 0 Å². The maximum atomic E-state index is 12.9. The third-order valence-electron chi connectivity index (χ3n) is 4.94. The van der Waals surface area contributed by atoms with E-state index in [1.54, 1.807) is 16.7 Å². The molecule has 0 spiro atoms. The number of likely N-dealkylation sites (N-methyl/N-ethyl adjacent to an activating group) is 1. The lowest BCUT2D eigenvalue weighted by molar-refractivity contribution is 0.0944. The van der Waals surface area contributed by atoms with E-state index in [-0.39, 0.29) is 5.91 Å². The van der Waals surface area contributed by atoms with Gasteiger partial charge in [-0.3, -0.25) is 14.2 Å². The normalized spacial score (nSPS) is 13.9. The minimum Gasteiger partial charge on any atom is -0.362 e. The molecule has 0 aliphatic carbocycles. The first-order valence-corrected chi connectivity index (χ1v) is 9.98. The summed E-state index contributed by atoms with van der Waals surface area (Å²) in [5.74, 6) is -0.163. The van der Waals surface area contributed by atoms with E-state index in [2.05, 4.69) is 20.3 Å². The molecule has 150 valence electrons. The van der Waals surface area contributed by atoms with E-state index < -0.39 is 0 Å². The maximum Gasteiger partial charge on any atom is 0.270 e. The van der Waals surface area contributed by atoms with Crippen molar-refractivity contribution in [2.75, 3.05) is 25.1 Å². The highest BCUT2D eigenvalue weighted by molar-refractivity contribution is 6.30. The lowest BCUT2D eigenvalue weighted by Gasteiger charge is -2.27. The largest absolute Gasteiger partial charge is 0.362 e. The Morgan fingerprint density at radius 3 is 2.66 bits per heavy atom. The lowest BCUT2D eigenvalue weighted by atomic mass is 10.2. The summed E-state index contributed by atoms with van der Waals surface area (Å²) in [6, 6.07) is 11.7. The number of hydrazone groups is 1. The lowest BCUT2D eigenvalue weighted by Crippen LogP contribution is -2.35. The third kappa shape index (κ3) is 4.05. The minimum absolute atomic E-state index is 0.163. The molecule has 7 nitrogen and oxygen atoms in total. The van der Waals surface area contributed by atoms with Crippen LogP contribution in [0, 0.1) is 0 Å². The zero-order valence-electron chi connectivity index (χ0n) is 16.5. The first-order valence-electron chi connectivity index (χ1n) is 9.60. The number of imidazole rings is 1. The number of halogens is 1. The zero-order valence-corrected chi connectivity index (χ0v) is 17.2. The molecule has 1 aliphatic rings. The molecule has 3 aromatic rings. The van der Waals surface area contributed by atoms with Crippen LogP contribution < -0.4 is 10.3 Å². The molecule has 0 saturated carbocycles. The summed E-state index contributed by atoms with van der Waals surface area (Å²) in [7, 11) is 2.01. The smallest absolute Gasteiger partial charge is 0.270 e. The minimum atomic E-state index is -0.163. The van der Waals surface area contributed by atoms with Gasteiger partial charge in [-0.1, -0.05) is 30.7 Å². The van der Waals surface area contributed by atoms with E-state index in [1.165, 1.54) is 0 Å². The van der Waals surface area contributed by atoms with E-state index in [0.29, 0.717) is 29.3 Å². The summed E-state index contributed by atoms with van der Waals surface area (Å²) in [6.45, 7) is 4.20. The van der Waals surface area contributed by atoms with Gasteiger partial charge in [0.15, 0.2) is 0 Å². The Labute approximate surface area is 174 Å². The standard InChI is InChI=1S/C21H23ClN6O/c1-3-18-20(27-13-16(22)6-9-19(27)25-18)21(29)23-12-15-4-7-17(8-5-15)28-11-10-26(2)14-24-28/h4-9,13-14H,3,10-12H2,1-2H3,(H,23,29). The van der Waals surface area contributed by atoms with Gasteiger partial charge in [0.2, 0.25) is 0 Å². The first kappa shape index (κ1) is 19.3. The highest BCUT2D eigenvalue weighted by atomic mass is 35.5. The SMILES string of the molecule is CCc1nc2ccc(Cl)cn2c1C(=O)NCc1ccc(N2CCN(C)C=N2)cc1. The van der Waals surface area contributed by atoms with Crippen molar-refractivity contribution in [1.82, 2.24) is 19.6 Å². The first-order chi connectivity index (χ1) is 14.0. The summed E-state index contributed by atoms with van der Waals surface area (Å²) in [6.07, 6.45) is 4.22. The fraction of sp³-hybridized carbons (Fsp3) is 0.286. The topological polar surface area (TPSA) is 65.2 Å². The number of aryl methyl sites for hydroxylation is 1. The molecule has 0 unspecified atom stereocenters. The Bertz CT molecular complexity index is 1060. The van der Waals surface area contributed by atoms with Gasteiger partial charge >= 0.3 is 0 Å². The van der Waals surface area contributed by atoms with Crippen LogP contribution in [-0.4, -0.2) is 46.7 Å². The van der Waals surface area contributed by atoms with E-state index in [9.17, 15) is 4.79 Å². The molecule has 3 heterocycles. The van der Waals surface area contributed by atoms with Crippen LogP contribution in [-0.2, 0) is 13.0 Å². The summed E-state index contributed by atoms with van der Waals surface area (Å²) < 4.78 is 1.75. The number of nitrogens with zero attached hydrogens (tertiary/aromatic N) is 5. The van der Waals surface area contributed by atoms with Gasteiger partial charge in [-0.15, -0.1) is 0 Å². The average molecular weight is 411 g/mol. The van der Waals surface area contributed by atoms with Crippen LogP contribution in [0.5, 0.6) is 0 Å². The van der Waals surface area contributed by atoms with Crippen molar-refractivity contribution in [2.24, 2.45) is 5.10 Å². The molecule has 4 rings (SSSR count). The van der Waals surface area contributed by atoms with Crippen LogP contribution >= 0.6 is 11.6 Å². The fourth-order valence-electron chi connectivity index (χ4n) is 3.32.